The minimum absolute atomic E-state index is 0.0558. The number of aliphatic carboxylic acids is 1. The van der Waals surface area contributed by atoms with Gasteiger partial charge in [-0.2, -0.15) is 5.10 Å². The van der Waals surface area contributed by atoms with E-state index in [4.69, 9.17) is 4.74 Å². The molecule has 3 aliphatic rings. The Morgan fingerprint density at radius 2 is 1.67 bits per heavy atom. The first kappa shape index (κ1) is 34.2. The van der Waals surface area contributed by atoms with Gasteiger partial charge in [0.25, 0.3) is 11.8 Å². The highest BCUT2D eigenvalue weighted by molar-refractivity contribution is 5.97. The Bertz CT molecular complexity index is 1530. The normalized spacial score (nSPS) is 17.7. The number of hydrogen-bond donors (Lipinski definition) is 4. The number of amides is 5. The Kier molecular flexibility index (Phi) is 10.5. The first-order valence-electron chi connectivity index (χ1n) is 16.1. The van der Waals surface area contributed by atoms with Crippen molar-refractivity contribution in [3.05, 3.63) is 42.1 Å². The molecule has 5 amide bonds. The summed E-state index contributed by atoms with van der Waals surface area (Å²) >= 11 is 0. The number of benzene rings is 1. The van der Waals surface area contributed by atoms with Gasteiger partial charge in [-0.05, 0) is 57.1 Å². The number of carbonyl (C=O) groups excluding carboxylic acids is 4. The van der Waals surface area contributed by atoms with Crippen molar-refractivity contribution in [2.24, 2.45) is 0 Å². The van der Waals surface area contributed by atoms with E-state index in [0.29, 0.717) is 18.5 Å². The minimum atomic E-state index is -1.21. The summed E-state index contributed by atoms with van der Waals surface area (Å²) in [7, 11) is 1.78. The minimum Gasteiger partial charge on any atom is -0.481 e. The predicted octanol–water partition coefficient (Wildman–Crippen LogP) is 1.09. The molecule has 16 nitrogen and oxygen atoms in total. The second-order valence-corrected chi connectivity index (χ2v) is 12.4. The predicted molar refractivity (Wildman–Crippen MR) is 168 cm³/mol. The van der Waals surface area contributed by atoms with Crippen LogP contribution in [0.25, 0.3) is 5.69 Å². The van der Waals surface area contributed by atoms with E-state index in [9.17, 15) is 39.0 Å². The molecule has 0 spiro atoms. The molecule has 3 fully saturated rings. The molecule has 4 N–H and O–H groups in total. The largest absolute Gasteiger partial charge is 0.481 e. The van der Waals surface area contributed by atoms with Crippen molar-refractivity contribution in [3.63, 3.8) is 0 Å². The van der Waals surface area contributed by atoms with Crippen molar-refractivity contribution in [2.45, 2.75) is 69.0 Å². The van der Waals surface area contributed by atoms with E-state index < -0.39 is 54.4 Å². The third-order valence-electron chi connectivity index (χ3n) is 9.31. The number of aromatic nitrogens is 2. The molecule has 1 aromatic carbocycles. The molecule has 5 rings (SSSR count). The van der Waals surface area contributed by atoms with Gasteiger partial charge in [0, 0.05) is 51.8 Å². The summed E-state index contributed by atoms with van der Waals surface area (Å²) in [5, 5.41) is 28.3. The lowest BCUT2D eigenvalue weighted by Gasteiger charge is -2.46. The fourth-order valence-corrected chi connectivity index (χ4v) is 6.07. The van der Waals surface area contributed by atoms with Gasteiger partial charge in [0.1, 0.15) is 11.6 Å². The fraction of sp³-hybridized carbons (Fsp3) is 0.531. The van der Waals surface area contributed by atoms with Gasteiger partial charge < -0.3 is 40.3 Å². The topological polar surface area (TPSA) is 204 Å². The highest BCUT2D eigenvalue weighted by atomic mass is 16.5. The van der Waals surface area contributed by atoms with Gasteiger partial charge in [-0.1, -0.05) is 18.2 Å². The van der Waals surface area contributed by atoms with E-state index in [1.165, 1.54) is 20.5 Å². The van der Waals surface area contributed by atoms with Crippen LogP contribution in [0.3, 0.4) is 0 Å². The second kappa shape index (κ2) is 14.7. The molecule has 1 atom stereocenters. The molecule has 0 unspecified atom stereocenters. The van der Waals surface area contributed by atoms with Crippen LogP contribution in [0.15, 0.2) is 36.4 Å². The number of hydrogen-bond acceptors (Lipinski definition) is 8. The summed E-state index contributed by atoms with van der Waals surface area (Å²) in [4.78, 5) is 80.1. The van der Waals surface area contributed by atoms with Crippen LogP contribution in [-0.4, -0.2) is 128 Å². The Morgan fingerprint density at radius 1 is 1.00 bits per heavy atom. The number of piperazine rings is 1. The molecule has 2 heterocycles. The number of nitrogens with one attached hydrogen (secondary N) is 2. The van der Waals surface area contributed by atoms with Crippen molar-refractivity contribution < 1.29 is 43.7 Å². The summed E-state index contributed by atoms with van der Waals surface area (Å²) < 4.78 is 7.18. The maximum atomic E-state index is 13.5. The zero-order chi connectivity index (χ0) is 34.4. The van der Waals surface area contributed by atoms with Crippen LogP contribution in [-0.2, 0) is 19.2 Å². The van der Waals surface area contributed by atoms with Gasteiger partial charge in [-0.15, -0.1) is 0 Å². The van der Waals surface area contributed by atoms with Crippen LogP contribution >= 0.6 is 0 Å². The monoisotopic (exact) mass is 667 g/mol. The number of nitrogens with zero attached hydrogens (tertiary/aromatic N) is 5. The molecule has 16 heteroatoms. The highest BCUT2D eigenvalue weighted by Crippen LogP contribution is 2.36. The number of para-hydroxylation sites is 1. The number of carbonyl (C=O) groups is 6. The number of ether oxygens (including phenoxy) is 1. The Morgan fingerprint density at radius 3 is 2.23 bits per heavy atom. The van der Waals surface area contributed by atoms with E-state index in [-0.39, 0.29) is 56.1 Å². The van der Waals surface area contributed by atoms with Crippen LogP contribution in [0.5, 0.6) is 5.88 Å². The summed E-state index contributed by atoms with van der Waals surface area (Å²) in [5.41, 5.74) is -0.590. The van der Waals surface area contributed by atoms with Crippen LogP contribution in [0, 0.1) is 0 Å². The number of likely N-dealkylation sites (N-methyl/N-ethyl adjacent to an activating group) is 1. The molecular formula is C32H41N7O9. The van der Waals surface area contributed by atoms with E-state index >= 15 is 0 Å². The zero-order valence-electron chi connectivity index (χ0n) is 26.8. The molecule has 48 heavy (non-hydrogen) atoms. The van der Waals surface area contributed by atoms with Crippen LogP contribution in [0.4, 0.5) is 4.79 Å². The van der Waals surface area contributed by atoms with Crippen molar-refractivity contribution in [1.82, 2.24) is 35.1 Å². The van der Waals surface area contributed by atoms with Crippen LogP contribution in [0.2, 0.25) is 0 Å². The molecule has 0 radical (unpaired) electrons. The highest BCUT2D eigenvalue weighted by Gasteiger charge is 2.48. The summed E-state index contributed by atoms with van der Waals surface area (Å²) in [6.07, 6.45) is 3.19. The van der Waals surface area contributed by atoms with Crippen molar-refractivity contribution in [2.75, 3.05) is 39.8 Å². The smallest absolute Gasteiger partial charge is 0.407 e. The lowest BCUT2D eigenvalue weighted by Crippen LogP contribution is -2.65. The van der Waals surface area contributed by atoms with E-state index in [0.717, 1.165) is 25.7 Å². The van der Waals surface area contributed by atoms with Crippen molar-refractivity contribution in [3.8, 4) is 11.6 Å². The molecule has 1 saturated heterocycles. The number of carboxylic acid groups (broad SMARTS) is 2. The molecule has 2 aliphatic carbocycles. The molecule has 1 aliphatic heterocycles. The summed E-state index contributed by atoms with van der Waals surface area (Å²) in [6.45, 7) is -0.0936. The van der Waals surface area contributed by atoms with Gasteiger partial charge in [0.15, 0.2) is 12.3 Å². The fourth-order valence-electron chi connectivity index (χ4n) is 6.07. The average molecular weight is 668 g/mol. The van der Waals surface area contributed by atoms with Gasteiger partial charge >= 0.3 is 12.1 Å². The summed E-state index contributed by atoms with van der Waals surface area (Å²) in [5.74, 6) is -3.01. The maximum absolute atomic E-state index is 13.5. The zero-order valence-corrected chi connectivity index (χ0v) is 26.8. The lowest BCUT2D eigenvalue weighted by molar-refractivity contribution is -0.148. The Balaban J connectivity index is 1.28. The molecular weight excluding hydrogens is 626 g/mol. The molecule has 1 aromatic heterocycles. The molecule has 258 valence electrons. The first-order chi connectivity index (χ1) is 23.0. The standard InChI is InChI=1S/C32H41N7O9/c1-36(21-9-5-10-21)30(45)32(13-6-14-32)34-25(40)20-48-26-19-24(35-39(26)22-7-3-2-4-8-22)28(43)33-23(11-12-27(41)42)29(44)37-15-17-38(18-16-37)31(46)47/h2-4,7-8,19,21,23H,5-6,9-18,20H2,1H3,(H,33,43)(H,34,40)(H,41,42)(H,46,47)/t23-/m0/s1. The lowest BCUT2D eigenvalue weighted by atomic mass is 9.74. The van der Waals surface area contributed by atoms with Crippen LogP contribution < -0.4 is 15.4 Å². The third-order valence-corrected chi connectivity index (χ3v) is 9.31. The SMILES string of the molecule is CN(C(=O)C1(NC(=O)COc2cc(C(=O)N[C@@H](CCC(=O)O)C(=O)N3CCN(C(=O)O)CC3)nn2-c2ccccc2)CCC1)C1CCC1. The first-order valence-corrected chi connectivity index (χ1v) is 16.1. The number of rotatable bonds is 13. The van der Waals surface area contributed by atoms with Gasteiger partial charge in [-0.25, -0.2) is 9.48 Å². The number of carboxylic acids is 1. The maximum Gasteiger partial charge on any atom is 0.407 e. The second-order valence-electron chi connectivity index (χ2n) is 12.4. The van der Waals surface area contributed by atoms with E-state index in [1.54, 1.807) is 42.3 Å². The Hall–Kier alpha value is -5.15. The van der Waals surface area contributed by atoms with Gasteiger partial charge in [0.05, 0.1) is 5.69 Å². The summed E-state index contributed by atoms with van der Waals surface area (Å²) in [6, 6.07) is 9.02. The van der Waals surface area contributed by atoms with Gasteiger partial charge in [0.2, 0.25) is 17.7 Å². The Labute approximate surface area is 277 Å². The molecule has 2 aromatic rings. The average Bonchev–Trinajstić information content (AvgIpc) is 3.47. The molecule has 0 bridgehead atoms. The quantitative estimate of drug-likeness (QED) is 0.239. The van der Waals surface area contributed by atoms with E-state index in [2.05, 4.69) is 15.7 Å². The molecule has 2 saturated carbocycles. The van der Waals surface area contributed by atoms with Gasteiger partial charge in [-0.3, -0.25) is 24.0 Å². The van der Waals surface area contributed by atoms with Crippen molar-refractivity contribution in [1.29, 1.82) is 0 Å². The third kappa shape index (κ3) is 7.69. The van der Waals surface area contributed by atoms with E-state index in [1.807, 2.05) is 0 Å². The van der Waals surface area contributed by atoms with Crippen LogP contribution in [0.1, 0.15) is 61.9 Å². The van der Waals surface area contributed by atoms with Crippen molar-refractivity contribution >= 4 is 35.7 Å².